The zero-order valence-corrected chi connectivity index (χ0v) is 14.5. The highest BCUT2D eigenvalue weighted by atomic mass is 32.1. The predicted molar refractivity (Wildman–Crippen MR) is 103 cm³/mol. The van der Waals surface area contributed by atoms with Crippen LogP contribution in [0.2, 0.25) is 0 Å². The Morgan fingerprint density at radius 3 is 3.12 bits per heavy atom. The van der Waals surface area contributed by atoms with Crippen LogP contribution in [-0.2, 0) is 19.4 Å². The number of pyridine rings is 1. The zero-order valence-electron chi connectivity index (χ0n) is 13.7. The highest BCUT2D eigenvalue weighted by molar-refractivity contribution is 7.19. The second kappa shape index (κ2) is 6.75. The highest BCUT2D eigenvalue weighted by Gasteiger charge is 2.18. The normalized spacial score (nSPS) is 14.8. The zero-order chi connectivity index (χ0) is 16.4. The molecule has 0 fully saturated rings. The summed E-state index contributed by atoms with van der Waals surface area (Å²) in [7, 11) is 0. The Labute approximate surface area is 146 Å². The van der Waals surface area contributed by atoms with Crippen molar-refractivity contribution in [2.24, 2.45) is 0 Å². The molecule has 24 heavy (non-hydrogen) atoms. The fourth-order valence-electron chi connectivity index (χ4n) is 3.38. The largest absolute Gasteiger partial charge is 0.341 e. The van der Waals surface area contributed by atoms with Crippen molar-refractivity contribution in [1.29, 1.82) is 0 Å². The molecule has 4 heteroatoms. The van der Waals surface area contributed by atoms with Gasteiger partial charge in [0, 0.05) is 17.3 Å². The lowest BCUT2D eigenvalue weighted by Gasteiger charge is -2.09. The quantitative estimate of drug-likeness (QED) is 0.730. The predicted octanol–water partition coefficient (Wildman–Crippen LogP) is 4.03. The summed E-state index contributed by atoms with van der Waals surface area (Å²) in [6.07, 6.45) is 12.2. The van der Waals surface area contributed by atoms with Crippen LogP contribution in [0.4, 0.5) is 0 Å². The maximum atomic E-state index is 4.61. The molecule has 0 aliphatic carbocycles. The van der Waals surface area contributed by atoms with E-state index < -0.39 is 0 Å². The van der Waals surface area contributed by atoms with Crippen LogP contribution in [0.15, 0.2) is 49.3 Å². The van der Waals surface area contributed by atoms with Crippen LogP contribution in [0.25, 0.3) is 16.3 Å². The number of hydrogen-bond donors (Lipinski definition) is 1. The smallest absolute Gasteiger partial charge is 0.0673 e. The fraction of sp³-hybridized carbons (Fsp3) is 0.250. The van der Waals surface area contributed by atoms with Gasteiger partial charge in [0.25, 0.3) is 0 Å². The molecule has 3 aromatic rings. The molecular formula is C20H21N3S. The summed E-state index contributed by atoms with van der Waals surface area (Å²) in [5.74, 6) is 0. The SMILES string of the molecule is C=CC=Cc1cccnc1Cn1ccc2sc3c(c21)CCNCC3. The van der Waals surface area contributed by atoms with Crippen molar-refractivity contribution in [1.82, 2.24) is 14.9 Å². The standard InChI is InChI=1S/C20H21N3S/c1-2-3-5-15-6-4-10-22-17(15)14-23-13-9-19-20(23)16-7-11-21-12-8-18(16)24-19/h2-6,9-10,13,21H,1,7-8,11-12,14H2. The Bertz CT molecular complexity index is 901. The van der Waals surface area contributed by atoms with Gasteiger partial charge in [-0.1, -0.05) is 30.9 Å². The maximum Gasteiger partial charge on any atom is 0.0673 e. The van der Waals surface area contributed by atoms with Crippen molar-refractivity contribution in [2.75, 3.05) is 13.1 Å². The first-order chi connectivity index (χ1) is 11.9. The lowest BCUT2D eigenvalue weighted by molar-refractivity contribution is 0.711. The lowest BCUT2D eigenvalue weighted by atomic mass is 10.1. The van der Waals surface area contributed by atoms with Crippen molar-refractivity contribution in [2.45, 2.75) is 19.4 Å². The Kier molecular flexibility index (Phi) is 4.32. The lowest BCUT2D eigenvalue weighted by Crippen LogP contribution is -2.16. The van der Waals surface area contributed by atoms with E-state index >= 15 is 0 Å². The first-order valence-electron chi connectivity index (χ1n) is 8.40. The number of fused-ring (bicyclic) bond motifs is 3. The maximum absolute atomic E-state index is 4.61. The molecule has 0 spiro atoms. The van der Waals surface area contributed by atoms with E-state index in [9.17, 15) is 0 Å². The summed E-state index contributed by atoms with van der Waals surface area (Å²) >= 11 is 1.95. The van der Waals surface area contributed by atoms with Gasteiger partial charge < -0.3 is 9.88 Å². The van der Waals surface area contributed by atoms with Crippen molar-refractivity contribution in [3.8, 4) is 0 Å². The minimum Gasteiger partial charge on any atom is -0.341 e. The Morgan fingerprint density at radius 1 is 1.29 bits per heavy atom. The molecule has 0 atom stereocenters. The Morgan fingerprint density at radius 2 is 2.21 bits per heavy atom. The van der Waals surface area contributed by atoms with Crippen LogP contribution in [-0.4, -0.2) is 22.6 Å². The second-order valence-electron chi connectivity index (χ2n) is 6.04. The van der Waals surface area contributed by atoms with E-state index in [1.54, 1.807) is 11.0 Å². The summed E-state index contributed by atoms with van der Waals surface area (Å²) in [6.45, 7) is 6.72. The average molecular weight is 335 g/mol. The number of rotatable bonds is 4. The van der Waals surface area contributed by atoms with E-state index in [0.717, 1.165) is 43.7 Å². The third-order valence-electron chi connectivity index (χ3n) is 4.52. The molecule has 4 rings (SSSR count). The first-order valence-corrected chi connectivity index (χ1v) is 9.21. The molecule has 1 aliphatic heterocycles. The average Bonchev–Trinajstić information content (AvgIpc) is 3.06. The van der Waals surface area contributed by atoms with Crippen molar-refractivity contribution >= 4 is 27.6 Å². The van der Waals surface area contributed by atoms with Gasteiger partial charge in [0.2, 0.25) is 0 Å². The molecule has 122 valence electrons. The van der Waals surface area contributed by atoms with Gasteiger partial charge in [-0.25, -0.2) is 0 Å². The number of nitrogens with zero attached hydrogens (tertiary/aromatic N) is 2. The van der Waals surface area contributed by atoms with Gasteiger partial charge in [-0.15, -0.1) is 11.3 Å². The molecule has 0 unspecified atom stereocenters. The van der Waals surface area contributed by atoms with Crippen LogP contribution in [0.3, 0.4) is 0 Å². The van der Waals surface area contributed by atoms with Gasteiger partial charge in [0.15, 0.2) is 0 Å². The molecule has 4 heterocycles. The topological polar surface area (TPSA) is 29.9 Å². The molecule has 0 saturated carbocycles. The van der Waals surface area contributed by atoms with Crippen molar-refractivity contribution < 1.29 is 0 Å². The summed E-state index contributed by atoms with van der Waals surface area (Å²) in [4.78, 5) is 6.16. The first kappa shape index (κ1) is 15.4. The highest BCUT2D eigenvalue weighted by Crippen LogP contribution is 2.34. The number of thiophene rings is 1. The van der Waals surface area contributed by atoms with E-state index in [1.165, 1.54) is 15.8 Å². The van der Waals surface area contributed by atoms with Gasteiger partial charge in [-0.05, 0) is 49.2 Å². The third-order valence-corrected chi connectivity index (χ3v) is 5.77. The minimum absolute atomic E-state index is 0.803. The molecule has 1 N–H and O–H groups in total. The van der Waals surface area contributed by atoms with E-state index in [-0.39, 0.29) is 0 Å². The number of hydrogen-bond acceptors (Lipinski definition) is 3. The van der Waals surface area contributed by atoms with Crippen LogP contribution in [0.1, 0.15) is 21.7 Å². The molecule has 0 aromatic carbocycles. The van der Waals surface area contributed by atoms with Gasteiger partial charge in [-0.2, -0.15) is 0 Å². The molecule has 0 amide bonds. The van der Waals surface area contributed by atoms with Crippen LogP contribution >= 0.6 is 11.3 Å². The van der Waals surface area contributed by atoms with Crippen molar-refractivity contribution in [3.05, 3.63) is 71.0 Å². The monoisotopic (exact) mass is 335 g/mol. The van der Waals surface area contributed by atoms with Crippen molar-refractivity contribution in [3.63, 3.8) is 0 Å². The minimum atomic E-state index is 0.803. The molecular weight excluding hydrogens is 314 g/mol. The van der Waals surface area contributed by atoms with E-state index in [0.29, 0.717) is 0 Å². The van der Waals surface area contributed by atoms with E-state index in [2.05, 4.69) is 45.9 Å². The van der Waals surface area contributed by atoms with Crippen LogP contribution in [0.5, 0.6) is 0 Å². The molecule has 0 saturated heterocycles. The summed E-state index contributed by atoms with van der Waals surface area (Å²) in [5.41, 5.74) is 5.19. The summed E-state index contributed by atoms with van der Waals surface area (Å²) in [5, 5.41) is 3.51. The molecule has 3 aromatic heterocycles. The number of allylic oxidation sites excluding steroid dienone is 2. The van der Waals surface area contributed by atoms with Gasteiger partial charge in [0.05, 0.1) is 22.5 Å². The van der Waals surface area contributed by atoms with E-state index in [1.807, 2.05) is 29.7 Å². The van der Waals surface area contributed by atoms with Crippen LogP contribution < -0.4 is 5.32 Å². The Hall–Kier alpha value is -2.17. The van der Waals surface area contributed by atoms with Gasteiger partial charge in [-0.3, -0.25) is 4.98 Å². The molecule has 0 radical (unpaired) electrons. The molecule has 3 nitrogen and oxygen atoms in total. The van der Waals surface area contributed by atoms with Gasteiger partial charge in [0.1, 0.15) is 0 Å². The van der Waals surface area contributed by atoms with Gasteiger partial charge >= 0.3 is 0 Å². The Balaban J connectivity index is 1.74. The van der Waals surface area contributed by atoms with Crippen LogP contribution in [0, 0.1) is 0 Å². The second-order valence-corrected chi connectivity index (χ2v) is 7.18. The summed E-state index contributed by atoms with van der Waals surface area (Å²) < 4.78 is 3.77. The molecule has 0 bridgehead atoms. The number of aromatic nitrogens is 2. The molecule has 1 aliphatic rings. The fourth-order valence-corrected chi connectivity index (χ4v) is 4.64. The third kappa shape index (κ3) is 2.83. The number of nitrogens with one attached hydrogen (secondary N) is 1. The summed E-state index contributed by atoms with van der Waals surface area (Å²) in [6, 6.07) is 6.35. The van der Waals surface area contributed by atoms with E-state index in [4.69, 9.17) is 0 Å².